The van der Waals surface area contributed by atoms with Crippen LogP contribution in [0.5, 0.6) is 0 Å². The zero-order chi connectivity index (χ0) is 19.7. The number of benzene rings is 3. The molecule has 0 bridgehead atoms. The van der Waals surface area contributed by atoms with E-state index in [1.165, 1.54) is 10.8 Å². The van der Waals surface area contributed by atoms with Gasteiger partial charge in [-0.1, -0.05) is 48.5 Å². The van der Waals surface area contributed by atoms with Gasteiger partial charge >= 0.3 is 11.9 Å². The lowest BCUT2D eigenvalue weighted by molar-refractivity contribution is -0.162. The molecule has 5 heteroatoms. The number of esters is 2. The largest absolute Gasteiger partial charge is 0.466 e. The number of hydrogen-bond donors (Lipinski definition) is 1. The van der Waals surface area contributed by atoms with Crippen LogP contribution in [0, 0.1) is 0 Å². The van der Waals surface area contributed by atoms with Crippen molar-refractivity contribution in [2.45, 2.75) is 38.4 Å². The first-order valence-electron chi connectivity index (χ1n) is 9.55. The lowest BCUT2D eigenvalue weighted by Gasteiger charge is -2.31. The molecule has 0 spiro atoms. The highest BCUT2D eigenvalue weighted by Gasteiger charge is 2.32. The third kappa shape index (κ3) is 3.34. The molecule has 0 saturated heterocycles. The maximum atomic E-state index is 12.2. The summed E-state index contributed by atoms with van der Waals surface area (Å²) in [7, 11) is 0. The molecule has 0 saturated carbocycles. The summed E-state index contributed by atoms with van der Waals surface area (Å²) in [5.41, 5.74) is 1.89. The summed E-state index contributed by atoms with van der Waals surface area (Å²) in [4.78, 5) is 23.7. The molecule has 144 valence electrons. The second kappa shape index (κ2) is 7.60. The Morgan fingerprint density at radius 2 is 1.79 bits per heavy atom. The summed E-state index contributed by atoms with van der Waals surface area (Å²) in [5, 5.41) is 15.0. The van der Waals surface area contributed by atoms with Gasteiger partial charge in [-0.05, 0) is 52.4 Å². The molecule has 3 aromatic carbocycles. The fourth-order valence-corrected chi connectivity index (χ4v) is 4.02. The number of carbonyl (C=O) groups is 2. The maximum absolute atomic E-state index is 12.2. The molecule has 2 atom stereocenters. The molecular weight excluding hydrogens is 356 g/mol. The van der Waals surface area contributed by atoms with Crippen LogP contribution in [0.25, 0.3) is 21.5 Å². The van der Waals surface area contributed by atoms with E-state index in [2.05, 4.69) is 24.3 Å². The van der Waals surface area contributed by atoms with Crippen molar-refractivity contribution in [1.29, 1.82) is 0 Å². The molecule has 0 aliphatic heterocycles. The zero-order valence-corrected chi connectivity index (χ0v) is 15.7. The van der Waals surface area contributed by atoms with Crippen molar-refractivity contribution in [3.8, 4) is 0 Å². The van der Waals surface area contributed by atoms with Gasteiger partial charge < -0.3 is 14.6 Å². The minimum absolute atomic E-state index is 0.209. The molecule has 5 nitrogen and oxygen atoms in total. The second-order valence-corrected chi connectivity index (χ2v) is 7.01. The molecule has 0 radical (unpaired) electrons. The van der Waals surface area contributed by atoms with Gasteiger partial charge in [0, 0.05) is 0 Å². The third-order valence-electron chi connectivity index (χ3n) is 5.27. The second-order valence-electron chi connectivity index (χ2n) is 7.01. The first-order chi connectivity index (χ1) is 13.6. The van der Waals surface area contributed by atoms with Crippen molar-refractivity contribution in [2.75, 3.05) is 6.61 Å². The van der Waals surface area contributed by atoms with Crippen LogP contribution in [0.2, 0.25) is 0 Å². The summed E-state index contributed by atoms with van der Waals surface area (Å²) >= 11 is 0. The van der Waals surface area contributed by atoms with Crippen LogP contribution in [0.15, 0.2) is 48.5 Å². The molecule has 1 aliphatic rings. The topological polar surface area (TPSA) is 72.8 Å². The van der Waals surface area contributed by atoms with Gasteiger partial charge in [0.15, 0.2) is 6.10 Å². The van der Waals surface area contributed by atoms with Crippen molar-refractivity contribution in [2.24, 2.45) is 0 Å². The molecule has 0 fully saturated rings. The van der Waals surface area contributed by atoms with E-state index >= 15 is 0 Å². The lowest BCUT2D eigenvalue weighted by atomic mass is 9.83. The lowest BCUT2D eigenvalue weighted by Crippen LogP contribution is -2.30. The van der Waals surface area contributed by atoms with E-state index in [-0.39, 0.29) is 6.61 Å². The molecule has 28 heavy (non-hydrogen) atoms. The van der Waals surface area contributed by atoms with Gasteiger partial charge in [-0.2, -0.15) is 0 Å². The summed E-state index contributed by atoms with van der Waals surface area (Å²) < 4.78 is 10.3. The smallest absolute Gasteiger partial charge is 0.317 e. The van der Waals surface area contributed by atoms with Gasteiger partial charge in [-0.15, -0.1) is 0 Å². The quantitative estimate of drug-likeness (QED) is 0.424. The molecule has 4 rings (SSSR count). The predicted octanol–water partition coefficient (Wildman–Crippen LogP) is 3.84. The average Bonchev–Trinajstić information content (AvgIpc) is 2.69. The molecule has 0 amide bonds. The number of hydrogen-bond acceptors (Lipinski definition) is 5. The van der Waals surface area contributed by atoms with E-state index in [9.17, 15) is 14.7 Å². The van der Waals surface area contributed by atoms with Gasteiger partial charge in [0.2, 0.25) is 0 Å². The minimum Gasteiger partial charge on any atom is -0.466 e. The van der Waals surface area contributed by atoms with Crippen molar-refractivity contribution in [3.63, 3.8) is 0 Å². The summed E-state index contributed by atoms with van der Waals surface area (Å²) in [6.45, 7) is 1.89. The summed E-state index contributed by atoms with van der Waals surface area (Å²) in [5.74, 6) is -1.31. The van der Waals surface area contributed by atoms with Crippen LogP contribution in [-0.2, 0) is 25.5 Å². The number of aliphatic hydroxyl groups excluding tert-OH is 1. The summed E-state index contributed by atoms with van der Waals surface area (Å²) in [6, 6.07) is 16.3. The van der Waals surface area contributed by atoms with Gasteiger partial charge in [0.1, 0.15) is 6.42 Å². The molecule has 0 unspecified atom stereocenters. The highest BCUT2D eigenvalue weighted by atomic mass is 16.6. The van der Waals surface area contributed by atoms with Gasteiger partial charge in [-0.25, -0.2) is 0 Å². The first-order valence-corrected chi connectivity index (χ1v) is 9.55. The molecule has 0 heterocycles. The normalized spacial score (nSPS) is 18.6. The van der Waals surface area contributed by atoms with Crippen molar-refractivity contribution in [3.05, 3.63) is 59.7 Å². The fraction of sp³-hybridized carbons (Fsp3) is 0.304. The number of aryl methyl sites for hydroxylation is 1. The molecule has 0 aromatic heterocycles. The fourth-order valence-electron chi connectivity index (χ4n) is 4.02. The standard InChI is InChI=1S/C23H22O5/c1-2-27-21(25)13-22(26)28-23-19-10-9-16-15-6-4-3-5-14(15)7-8-17(16)18(19)11-12-20(23)24/h3-10,20,23-24H,2,11-13H2,1H3/t20-,23+/m0/s1. The van der Waals surface area contributed by atoms with Gasteiger partial charge in [-0.3, -0.25) is 9.59 Å². The minimum atomic E-state index is -0.795. The van der Waals surface area contributed by atoms with Crippen molar-refractivity contribution in [1.82, 2.24) is 0 Å². The molecule has 1 aliphatic carbocycles. The van der Waals surface area contributed by atoms with Crippen LogP contribution in [0.4, 0.5) is 0 Å². The zero-order valence-electron chi connectivity index (χ0n) is 15.7. The third-order valence-corrected chi connectivity index (χ3v) is 5.27. The first kappa shape index (κ1) is 18.4. The number of fused-ring (bicyclic) bond motifs is 5. The number of carbonyl (C=O) groups excluding carboxylic acids is 2. The molecule has 3 aromatic rings. The van der Waals surface area contributed by atoms with E-state index in [0.717, 1.165) is 21.9 Å². The van der Waals surface area contributed by atoms with Crippen molar-refractivity contribution >= 4 is 33.5 Å². The number of rotatable bonds is 4. The Morgan fingerprint density at radius 1 is 1.00 bits per heavy atom. The Morgan fingerprint density at radius 3 is 2.61 bits per heavy atom. The number of ether oxygens (including phenoxy) is 2. The SMILES string of the molecule is CCOC(=O)CC(=O)O[C@@H]1c2ccc3c(ccc4ccccc43)c2CC[C@@H]1O. The van der Waals surface area contributed by atoms with Crippen LogP contribution in [-0.4, -0.2) is 29.8 Å². The Hall–Kier alpha value is -2.92. The van der Waals surface area contributed by atoms with Crippen LogP contribution < -0.4 is 0 Å². The predicted molar refractivity (Wildman–Crippen MR) is 106 cm³/mol. The Bertz CT molecular complexity index is 1060. The molecular formula is C23H22O5. The summed E-state index contributed by atoms with van der Waals surface area (Å²) in [6.07, 6.45) is -0.822. The highest BCUT2D eigenvalue weighted by Crippen LogP contribution is 2.39. The van der Waals surface area contributed by atoms with Crippen LogP contribution in [0.3, 0.4) is 0 Å². The van der Waals surface area contributed by atoms with E-state index in [4.69, 9.17) is 9.47 Å². The van der Waals surface area contributed by atoms with E-state index in [0.29, 0.717) is 12.8 Å². The van der Waals surface area contributed by atoms with E-state index < -0.39 is 30.6 Å². The van der Waals surface area contributed by atoms with Crippen LogP contribution >= 0.6 is 0 Å². The highest BCUT2D eigenvalue weighted by molar-refractivity contribution is 6.08. The van der Waals surface area contributed by atoms with E-state index in [1.807, 2.05) is 24.3 Å². The monoisotopic (exact) mass is 378 g/mol. The maximum Gasteiger partial charge on any atom is 0.317 e. The Labute approximate surface area is 162 Å². The van der Waals surface area contributed by atoms with Crippen LogP contribution in [0.1, 0.15) is 37.0 Å². The van der Waals surface area contributed by atoms with Crippen molar-refractivity contribution < 1.29 is 24.2 Å². The number of aliphatic hydroxyl groups is 1. The Kier molecular flexibility index (Phi) is 5.01. The van der Waals surface area contributed by atoms with E-state index in [1.54, 1.807) is 6.92 Å². The molecule has 1 N–H and O–H groups in total. The van der Waals surface area contributed by atoms with Gasteiger partial charge in [0.05, 0.1) is 12.7 Å². The van der Waals surface area contributed by atoms with Gasteiger partial charge in [0.25, 0.3) is 0 Å². The Balaban J connectivity index is 1.70. The average molecular weight is 378 g/mol.